The Morgan fingerprint density at radius 3 is 0.882 bits per heavy atom. The maximum atomic E-state index is 10.5. The second-order valence-electron chi connectivity index (χ2n) is 30.4. The van der Waals surface area contributed by atoms with Gasteiger partial charge in [0.2, 0.25) is 0 Å². The quantitative estimate of drug-likeness (QED) is 0.0103. The minimum absolute atomic E-state index is 0.0149. The van der Waals surface area contributed by atoms with Gasteiger partial charge in [0.25, 0.3) is 6.29 Å². The van der Waals surface area contributed by atoms with Crippen LogP contribution in [0, 0.1) is 0 Å². The molecule has 144 heavy (non-hydrogen) atoms. The lowest BCUT2D eigenvalue weighted by molar-refractivity contribution is 0.307. The number of phenols is 7. The number of aromatic hydroxyl groups is 7. The number of aliphatic hydroxyl groups excluding tert-OH is 1. The van der Waals surface area contributed by atoms with E-state index in [0.717, 1.165) is 114 Å². The number of benzene rings is 8. The fourth-order valence-corrected chi connectivity index (χ4v) is 20.2. The molecule has 0 atom stereocenters. The Bertz CT molecular complexity index is 6910. The van der Waals surface area contributed by atoms with E-state index in [4.69, 9.17) is 43.0 Å². The largest absolute Gasteiger partial charge is 0.504 e. The van der Waals surface area contributed by atoms with Crippen molar-refractivity contribution in [2.75, 3.05) is 94.6 Å². The van der Waals surface area contributed by atoms with E-state index in [-0.39, 0.29) is 46.9 Å². The Hall–Kier alpha value is -14.6. The highest BCUT2D eigenvalue weighted by Crippen LogP contribution is 2.45. The Balaban J connectivity index is 0.000000148. The Morgan fingerprint density at radius 2 is 0.611 bits per heavy atom. The molecular weight excluding hydrogens is 2000 g/mol. The van der Waals surface area contributed by atoms with Crippen molar-refractivity contribution in [1.82, 2.24) is 4.98 Å². The molecule has 28 nitrogen and oxygen atoms in total. The van der Waals surface area contributed by atoms with Crippen molar-refractivity contribution >= 4 is 150 Å². The summed E-state index contributed by atoms with van der Waals surface area (Å²) in [6.45, 7) is 2.09. The molecule has 2 aliphatic rings. The van der Waals surface area contributed by atoms with E-state index in [2.05, 4.69) is 66.7 Å². The molecule has 8 aromatic heterocycles. The summed E-state index contributed by atoms with van der Waals surface area (Å²) >= 11 is 11.4. The van der Waals surface area contributed by atoms with Crippen LogP contribution in [0.4, 0.5) is 5.82 Å². The summed E-state index contributed by atoms with van der Waals surface area (Å²) in [5.41, 5.74) is 12.3. The van der Waals surface area contributed by atoms with E-state index in [9.17, 15) is 35.7 Å². The second-order valence-corrected chi connectivity index (χ2v) is 39.8. The number of phenolic OH excluding ortho intramolecular Hbond substituents is 7. The highest BCUT2D eigenvalue weighted by Gasteiger charge is 2.22. The monoisotopic (exact) mass is 2100 g/mol. The van der Waals surface area contributed by atoms with Gasteiger partial charge in [0.15, 0.2) is 86.3 Å². The van der Waals surface area contributed by atoms with Crippen LogP contribution in [0.5, 0.6) is 86.2 Å². The van der Waals surface area contributed by atoms with Crippen LogP contribution in [-0.2, 0) is 6.54 Å². The summed E-state index contributed by atoms with van der Waals surface area (Å²) in [5, 5.41) is 109. The van der Waals surface area contributed by atoms with E-state index >= 15 is 0 Å². The van der Waals surface area contributed by atoms with Crippen molar-refractivity contribution in [2.45, 2.75) is 31.7 Å². The maximum absolute atomic E-state index is 10.5. The van der Waals surface area contributed by atoms with Crippen molar-refractivity contribution in [1.29, 1.82) is 0 Å². The molecule has 0 radical (unpaired) electrons. The lowest BCUT2D eigenvalue weighted by Crippen LogP contribution is -1.95. The number of pyridine rings is 1. The normalized spacial score (nSPS) is 12.1. The number of aliphatic hydroxyl groups is 1. The van der Waals surface area contributed by atoms with Gasteiger partial charge in [-0.3, -0.25) is 25.0 Å². The second kappa shape index (κ2) is 55.7. The smallest absolute Gasteiger partial charge is 0.275 e. The van der Waals surface area contributed by atoms with Crippen molar-refractivity contribution < 1.29 is 78.7 Å². The number of aliphatic imine (C=N–C) groups is 7. The van der Waals surface area contributed by atoms with Crippen molar-refractivity contribution in [3.05, 3.63) is 301 Å². The Labute approximate surface area is 869 Å². The molecule has 16 aromatic rings. The zero-order chi connectivity index (χ0) is 101. The molecule has 1 saturated carbocycles. The third kappa shape index (κ3) is 30.7. The van der Waals surface area contributed by atoms with E-state index in [1.807, 2.05) is 226 Å². The highest BCUT2D eigenvalue weighted by molar-refractivity contribution is 8.76. The first-order valence-corrected chi connectivity index (χ1v) is 53.0. The Morgan fingerprint density at radius 1 is 0.319 bits per heavy atom. The zero-order valence-corrected chi connectivity index (χ0v) is 86.6. The third-order valence-electron chi connectivity index (χ3n) is 20.8. The van der Waals surface area contributed by atoms with Crippen molar-refractivity contribution in [2.24, 2.45) is 55.6 Å². The predicted octanol–water partition coefficient (Wildman–Crippen LogP) is 26.4. The predicted molar refractivity (Wildman–Crippen MR) is 593 cm³/mol. The summed E-state index contributed by atoms with van der Waals surface area (Å²) in [4.78, 5) is 42.1. The van der Waals surface area contributed by atoms with Crippen LogP contribution in [0.25, 0.3) is 73.1 Å². The Kier molecular flexibility index (Phi) is 41.2. The first-order chi connectivity index (χ1) is 70.4. The van der Waals surface area contributed by atoms with Gasteiger partial charge in [-0.1, -0.05) is 82.3 Å². The number of nitrogens with zero attached hydrogens (tertiary/aromatic N) is 12. The van der Waals surface area contributed by atoms with Gasteiger partial charge in [0, 0.05) is 147 Å². The van der Waals surface area contributed by atoms with Gasteiger partial charge >= 0.3 is 0 Å². The topological polar surface area (TPSA) is 385 Å². The van der Waals surface area contributed by atoms with Gasteiger partial charge in [0.1, 0.15) is 5.75 Å². The molecule has 0 bridgehead atoms. The minimum Gasteiger partial charge on any atom is -0.504 e. The molecule has 0 amide bonds. The van der Waals surface area contributed by atoms with E-state index in [1.54, 1.807) is 198 Å². The lowest BCUT2D eigenvalue weighted by Gasteiger charge is -2.09. The SMILES string of the molecule is COc1cc(-c2cccs2)cc(C=NC2CC2)c1O.COc1cc(-c2cccs2)cc(C=NC2N=NN=N2)c1O.COc1cc(-c2cccs2)cc(C=NCCO)c1O.COc1cc(-c2cccs2)cc(C=NCCSSCCN=Cc2cc(-c3cccs3)cc(OC)c2O)c1O.COc1cc(-c2cccs2)cc(C=Nc2ccccn2)c1O.COc1ccc(CN=Cc2cc(-c3cccs3)cc(OC)c2O)cc1. The molecule has 740 valence electrons. The van der Waals surface area contributed by atoms with E-state index < -0.39 is 6.29 Å². The number of methoxy groups -OCH3 is 8. The molecule has 37 heteroatoms. The molecule has 0 saturated heterocycles. The number of thiophene rings is 7. The summed E-state index contributed by atoms with van der Waals surface area (Å²) in [7, 11) is 15.9. The minimum atomic E-state index is -0.680. The first kappa shape index (κ1) is 107. The number of aromatic nitrogens is 1. The molecule has 8 aromatic carbocycles. The van der Waals surface area contributed by atoms with Crippen molar-refractivity contribution in [3.8, 4) is 159 Å². The first-order valence-electron chi connectivity index (χ1n) is 44.3. The van der Waals surface area contributed by atoms with Crippen LogP contribution >= 0.6 is 101 Å². The highest BCUT2D eigenvalue weighted by atomic mass is 33.1. The molecule has 1 fully saturated rings. The van der Waals surface area contributed by atoms with Crippen molar-refractivity contribution in [3.63, 3.8) is 0 Å². The zero-order valence-electron chi connectivity index (χ0n) is 79.3. The number of ether oxygens (including phenoxy) is 8. The van der Waals surface area contributed by atoms with Crippen LogP contribution < -0.4 is 37.9 Å². The average Bonchev–Trinajstić information content (AvgIpc) is 1.54. The van der Waals surface area contributed by atoms with Gasteiger partial charge in [-0.2, -0.15) is 0 Å². The number of rotatable bonds is 36. The summed E-state index contributed by atoms with van der Waals surface area (Å²) < 4.78 is 42.0. The molecule has 8 N–H and O–H groups in total. The summed E-state index contributed by atoms with van der Waals surface area (Å²) in [5.74, 6) is 6.72. The molecule has 1 aliphatic heterocycles. The third-order valence-corrected chi connectivity index (χ3v) is 29.6. The summed E-state index contributed by atoms with van der Waals surface area (Å²) in [6.07, 6.45) is 14.8. The van der Waals surface area contributed by atoms with Gasteiger partial charge in [-0.05, 0) is 257 Å². The van der Waals surface area contributed by atoms with E-state index in [0.29, 0.717) is 112 Å². The average molecular weight is 2100 g/mol. The van der Waals surface area contributed by atoms with Crippen LogP contribution in [0.2, 0.25) is 0 Å². The number of hydrogen-bond acceptors (Lipinski definition) is 37. The molecule has 18 rings (SSSR count). The number of hydrogen-bond donors (Lipinski definition) is 8. The van der Waals surface area contributed by atoms with Gasteiger partial charge in [-0.25, -0.2) is 15.0 Å². The fourth-order valence-electron chi connectivity index (χ4n) is 13.4. The van der Waals surface area contributed by atoms with Crippen LogP contribution in [-0.4, -0.2) is 196 Å². The standard InChI is InChI=1S/C28H28N2O4S4.C20H19NO3S.C17H14N2O2S.C15H15NO2S.C14H15NO3S.C13H11N5O2S/c1-33-23-15-19(25-5-3-9-35-25)13-21(27(23)31)17-29-7-11-37-38-12-8-30-18-22-14-20(26-6-4-10-36-26)16-24(34-2)28(22)32;1-23-17-7-5-14(6-8-17)12-21-13-16-10-15(19-4-3-9-25-19)11-18(24-2)20(16)22;1-21-14-10-12(15-5-4-8-22-15)9-13(17(14)20)11-19-16-6-2-3-7-18-16;1-18-13-8-10(14-3-2-6-19-14)7-11(15(13)17)9-16-12-4-5-12;1-18-12-8-10(13-3-2-6-19-13)7-11(14(12)17)9-15-4-5-16;1-20-10-6-8(11-3-2-4-21-11)5-9(12(10)19)7-14-13-15-17-18-16-13/h3-6,9-10,13-18,31-32H,7-8,11-12H2,1-2H3;3-11,13,22H,12H2,1-2H3;2-11,20H,1H3;2-3,6-9,12,17H,4-5H2,1H3;2-3,6-9,16-17H,4-5H2,1H3;2-7,13,19H,1H3. The fraction of sp³-hybridized carbons (Fsp3) is 0.178. The van der Waals surface area contributed by atoms with Gasteiger partial charge in [0.05, 0.1) is 82.6 Å². The van der Waals surface area contributed by atoms with Crippen LogP contribution in [0.15, 0.2) is 312 Å². The molecule has 9 heterocycles. The van der Waals surface area contributed by atoms with Crippen LogP contribution in [0.1, 0.15) is 57.3 Å². The molecule has 1 aliphatic carbocycles. The molecule has 0 spiro atoms. The summed E-state index contributed by atoms with van der Waals surface area (Å²) in [6, 6.07) is 67.9. The van der Waals surface area contributed by atoms with Gasteiger partial charge in [-0.15, -0.1) is 89.6 Å². The van der Waals surface area contributed by atoms with E-state index in [1.165, 1.54) is 27.5 Å². The maximum Gasteiger partial charge on any atom is 0.275 e. The lowest BCUT2D eigenvalue weighted by atomic mass is 10.1. The van der Waals surface area contributed by atoms with Crippen LogP contribution in [0.3, 0.4) is 0 Å². The molecular formula is C107H102N12O16S9. The molecule has 0 unspecified atom stereocenters. The van der Waals surface area contributed by atoms with Gasteiger partial charge < -0.3 is 78.7 Å².